The Kier molecular flexibility index (Phi) is 6.89. The van der Waals surface area contributed by atoms with Gasteiger partial charge in [0, 0.05) is 7.11 Å². The molecule has 1 saturated heterocycles. The molecule has 0 spiro atoms. The quantitative estimate of drug-likeness (QED) is 0.483. The third kappa shape index (κ3) is 6.26. The van der Waals surface area contributed by atoms with Crippen LogP contribution in [0.5, 0.6) is 0 Å². The van der Waals surface area contributed by atoms with Gasteiger partial charge >= 0.3 is 12.2 Å². The number of nitrogens with one attached hydrogen (secondary N) is 1. The van der Waals surface area contributed by atoms with E-state index in [0.29, 0.717) is 19.8 Å². The molecular formula is C10H17NO7. The summed E-state index contributed by atoms with van der Waals surface area (Å²) in [4.78, 5) is 21.7. The van der Waals surface area contributed by atoms with Gasteiger partial charge < -0.3 is 29.0 Å². The van der Waals surface area contributed by atoms with Crippen molar-refractivity contribution in [2.24, 2.45) is 0 Å². The molecule has 1 aliphatic rings. The maximum absolute atomic E-state index is 11.1. The third-order valence-corrected chi connectivity index (χ3v) is 2.01. The van der Waals surface area contributed by atoms with Crippen LogP contribution in [-0.2, 0) is 23.7 Å². The van der Waals surface area contributed by atoms with Crippen LogP contribution in [0.1, 0.15) is 0 Å². The van der Waals surface area contributed by atoms with Crippen LogP contribution < -0.4 is 5.32 Å². The molecule has 0 unspecified atom stereocenters. The number of methoxy groups -OCH3 is 1. The van der Waals surface area contributed by atoms with Crippen molar-refractivity contribution in [2.45, 2.75) is 6.10 Å². The van der Waals surface area contributed by atoms with Crippen LogP contribution in [-0.4, -0.2) is 65.0 Å². The van der Waals surface area contributed by atoms with Crippen LogP contribution in [0.25, 0.3) is 0 Å². The second kappa shape index (κ2) is 8.54. The largest absolute Gasteiger partial charge is 0.508 e. The lowest BCUT2D eigenvalue weighted by Gasteiger charge is -2.09. The highest BCUT2D eigenvalue weighted by atomic mass is 16.7. The summed E-state index contributed by atoms with van der Waals surface area (Å²) in [5.41, 5.74) is 0. The van der Waals surface area contributed by atoms with E-state index in [1.54, 1.807) is 7.11 Å². The van der Waals surface area contributed by atoms with E-state index in [4.69, 9.17) is 23.7 Å². The first-order valence-corrected chi connectivity index (χ1v) is 5.53. The van der Waals surface area contributed by atoms with E-state index in [0.717, 1.165) is 0 Å². The number of carbonyl (C=O) groups excluding carboxylic acids is 2. The first-order valence-electron chi connectivity index (χ1n) is 5.53. The van der Waals surface area contributed by atoms with E-state index < -0.39 is 18.4 Å². The summed E-state index contributed by atoms with van der Waals surface area (Å²) < 4.78 is 24.1. The number of ether oxygens (including phenoxy) is 5. The van der Waals surface area contributed by atoms with Crippen molar-refractivity contribution in [3.63, 3.8) is 0 Å². The fourth-order valence-corrected chi connectivity index (χ4v) is 1.16. The fourth-order valence-electron chi connectivity index (χ4n) is 1.16. The number of amides is 1. The Hall–Kier alpha value is -1.54. The monoisotopic (exact) mass is 263 g/mol. The van der Waals surface area contributed by atoms with Crippen molar-refractivity contribution < 1.29 is 33.3 Å². The maximum Gasteiger partial charge on any atom is 0.508 e. The molecule has 1 atom stereocenters. The van der Waals surface area contributed by atoms with Gasteiger partial charge in [0.15, 0.2) is 6.10 Å². The Labute approximate surface area is 104 Å². The maximum atomic E-state index is 11.1. The minimum absolute atomic E-state index is 0.0257. The molecule has 0 bridgehead atoms. The van der Waals surface area contributed by atoms with Crippen molar-refractivity contribution >= 4 is 12.2 Å². The van der Waals surface area contributed by atoms with Gasteiger partial charge in [-0.15, -0.1) is 0 Å². The molecule has 0 aromatic carbocycles. The summed E-state index contributed by atoms with van der Waals surface area (Å²) >= 11 is 0. The molecule has 1 rings (SSSR count). The molecule has 0 aliphatic carbocycles. The minimum atomic E-state index is -0.812. The molecular weight excluding hydrogens is 246 g/mol. The molecule has 18 heavy (non-hydrogen) atoms. The van der Waals surface area contributed by atoms with E-state index in [1.807, 2.05) is 0 Å². The van der Waals surface area contributed by atoms with E-state index in [-0.39, 0.29) is 19.8 Å². The molecule has 1 N–H and O–H groups in total. The normalized spacial score (nSPS) is 18.1. The highest BCUT2D eigenvalue weighted by Gasteiger charge is 2.23. The highest BCUT2D eigenvalue weighted by Crippen LogP contribution is 2.01. The standard InChI is InChI=1S/C10H17NO7/c1-14-2-3-15-4-5-16-10(13)17-7-8-6-11-9(12)18-8/h8H,2-7H2,1H3,(H,11,12)/t8-/m0/s1. The lowest BCUT2D eigenvalue weighted by molar-refractivity contribution is 0.00229. The molecule has 1 heterocycles. The van der Waals surface area contributed by atoms with E-state index in [9.17, 15) is 9.59 Å². The molecule has 8 nitrogen and oxygen atoms in total. The van der Waals surface area contributed by atoms with Crippen molar-refractivity contribution in [3.05, 3.63) is 0 Å². The summed E-state index contributed by atoms with van der Waals surface area (Å²) in [5.74, 6) is 0. The third-order valence-electron chi connectivity index (χ3n) is 2.01. The summed E-state index contributed by atoms with van der Waals surface area (Å²) in [6.45, 7) is 1.61. The molecule has 0 aromatic rings. The second-order valence-electron chi connectivity index (χ2n) is 3.42. The average Bonchev–Trinajstić information content (AvgIpc) is 2.77. The number of carbonyl (C=O) groups is 2. The van der Waals surface area contributed by atoms with Gasteiger partial charge in [-0.1, -0.05) is 0 Å². The van der Waals surface area contributed by atoms with Gasteiger partial charge in [-0.05, 0) is 0 Å². The van der Waals surface area contributed by atoms with Crippen LogP contribution in [0.15, 0.2) is 0 Å². The predicted molar refractivity (Wildman–Crippen MR) is 58.3 cm³/mol. The van der Waals surface area contributed by atoms with Crippen molar-refractivity contribution in [1.29, 1.82) is 0 Å². The predicted octanol–water partition coefficient (Wildman–Crippen LogP) is -0.0890. The van der Waals surface area contributed by atoms with Gasteiger partial charge in [0.1, 0.15) is 13.2 Å². The van der Waals surface area contributed by atoms with E-state index in [1.165, 1.54) is 0 Å². The van der Waals surface area contributed by atoms with Gasteiger partial charge in [-0.2, -0.15) is 0 Å². The van der Waals surface area contributed by atoms with Gasteiger partial charge in [0.05, 0.1) is 26.4 Å². The van der Waals surface area contributed by atoms with E-state index in [2.05, 4.69) is 5.32 Å². The lowest BCUT2D eigenvalue weighted by atomic mass is 10.4. The highest BCUT2D eigenvalue weighted by molar-refractivity contribution is 5.69. The van der Waals surface area contributed by atoms with Crippen LogP contribution in [0.3, 0.4) is 0 Å². The van der Waals surface area contributed by atoms with Gasteiger partial charge in [-0.3, -0.25) is 0 Å². The minimum Gasteiger partial charge on any atom is -0.441 e. The van der Waals surface area contributed by atoms with Crippen molar-refractivity contribution in [1.82, 2.24) is 5.32 Å². The average molecular weight is 263 g/mol. The van der Waals surface area contributed by atoms with Crippen LogP contribution in [0.2, 0.25) is 0 Å². The van der Waals surface area contributed by atoms with Gasteiger partial charge in [0.25, 0.3) is 0 Å². The molecule has 8 heteroatoms. The zero-order valence-corrected chi connectivity index (χ0v) is 10.2. The van der Waals surface area contributed by atoms with Crippen LogP contribution in [0.4, 0.5) is 9.59 Å². The zero-order chi connectivity index (χ0) is 13.2. The molecule has 1 aliphatic heterocycles. The number of hydrogen-bond acceptors (Lipinski definition) is 7. The summed E-state index contributed by atoms with van der Waals surface area (Å²) in [6, 6.07) is 0. The zero-order valence-electron chi connectivity index (χ0n) is 10.2. The Morgan fingerprint density at radius 3 is 2.78 bits per heavy atom. The summed E-state index contributed by atoms with van der Waals surface area (Å²) in [6.07, 6.45) is -1.78. The second-order valence-corrected chi connectivity index (χ2v) is 3.42. The van der Waals surface area contributed by atoms with Crippen LogP contribution >= 0.6 is 0 Å². The van der Waals surface area contributed by atoms with Crippen molar-refractivity contribution in [3.8, 4) is 0 Å². The van der Waals surface area contributed by atoms with Crippen molar-refractivity contribution in [2.75, 3.05) is 46.7 Å². The van der Waals surface area contributed by atoms with Gasteiger partial charge in [-0.25, -0.2) is 9.59 Å². The topological polar surface area (TPSA) is 92.3 Å². The number of rotatable bonds is 8. The summed E-state index contributed by atoms with van der Waals surface area (Å²) in [5, 5.41) is 2.44. The summed E-state index contributed by atoms with van der Waals surface area (Å²) in [7, 11) is 1.57. The molecule has 0 saturated carbocycles. The Bertz CT molecular complexity index is 271. The smallest absolute Gasteiger partial charge is 0.441 e. The number of alkyl carbamates (subject to hydrolysis) is 1. The molecule has 1 amide bonds. The molecule has 0 radical (unpaired) electrons. The molecule has 0 aromatic heterocycles. The van der Waals surface area contributed by atoms with Gasteiger partial charge in [0.2, 0.25) is 0 Å². The first kappa shape index (κ1) is 14.5. The Balaban J connectivity index is 1.92. The Morgan fingerprint density at radius 1 is 1.33 bits per heavy atom. The SMILES string of the molecule is COCCOCCOC(=O)OC[C@@H]1CNC(=O)O1. The molecule has 1 fully saturated rings. The number of cyclic esters (lactones) is 1. The first-order chi connectivity index (χ1) is 8.72. The number of hydrogen-bond donors (Lipinski definition) is 1. The lowest BCUT2D eigenvalue weighted by Crippen LogP contribution is -2.23. The molecule has 104 valence electrons. The fraction of sp³-hybridized carbons (Fsp3) is 0.800. The van der Waals surface area contributed by atoms with E-state index >= 15 is 0 Å². The van der Waals surface area contributed by atoms with Crippen LogP contribution in [0, 0.1) is 0 Å². The Morgan fingerprint density at radius 2 is 2.11 bits per heavy atom.